The molecule has 0 aliphatic carbocycles. The number of piperidine rings is 1. The molecule has 2 N–H and O–H groups in total. The number of nitrogens with zero attached hydrogens (tertiary/aromatic N) is 2. The van der Waals surface area contributed by atoms with Crippen molar-refractivity contribution in [2.24, 2.45) is 0 Å². The van der Waals surface area contributed by atoms with Gasteiger partial charge in [0.05, 0.1) is 6.10 Å². The molecule has 0 aromatic carbocycles. The van der Waals surface area contributed by atoms with E-state index in [1.807, 2.05) is 11.0 Å². The number of anilines is 1. The van der Waals surface area contributed by atoms with Crippen LogP contribution in [0.5, 0.6) is 0 Å². The van der Waals surface area contributed by atoms with Gasteiger partial charge in [-0.2, -0.15) is 0 Å². The summed E-state index contributed by atoms with van der Waals surface area (Å²) in [5.41, 5.74) is 0.825. The number of pyridine rings is 1. The molecule has 1 aliphatic heterocycles. The van der Waals surface area contributed by atoms with E-state index in [9.17, 15) is 9.90 Å². The number of likely N-dealkylation sites (N-methyl/N-ethyl adjacent to an activating group) is 1. The lowest BCUT2D eigenvalue weighted by atomic mass is 10.0. The first kappa shape index (κ1) is 13.8. The molecule has 19 heavy (non-hydrogen) atoms. The van der Waals surface area contributed by atoms with E-state index >= 15 is 0 Å². The second-order valence-corrected chi connectivity index (χ2v) is 4.94. The van der Waals surface area contributed by atoms with Crippen LogP contribution >= 0.6 is 0 Å². The Morgan fingerprint density at radius 1 is 1.58 bits per heavy atom. The molecule has 104 valence electrons. The standard InChI is InChI=1S/C14H21N3O2/c1-10(18)11-6-7-16-13(9-11)17-8-4-3-5-12(17)14(19)15-2/h6-7,9-10,12,18H,3-5,8H2,1-2H3,(H,15,19)/t10-,12?/m1/s1. The van der Waals surface area contributed by atoms with Gasteiger partial charge < -0.3 is 15.3 Å². The molecule has 1 aliphatic rings. The molecule has 1 aromatic heterocycles. The Labute approximate surface area is 113 Å². The number of aromatic nitrogens is 1. The minimum absolute atomic E-state index is 0.0314. The van der Waals surface area contributed by atoms with Crippen molar-refractivity contribution in [3.63, 3.8) is 0 Å². The van der Waals surface area contributed by atoms with Crippen LogP contribution in [0.2, 0.25) is 0 Å². The molecule has 0 bridgehead atoms. The number of rotatable bonds is 3. The van der Waals surface area contributed by atoms with Crippen LogP contribution in [0, 0.1) is 0 Å². The monoisotopic (exact) mass is 263 g/mol. The van der Waals surface area contributed by atoms with Gasteiger partial charge in [-0.1, -0.05) is 0 Å². The number of nitrogens with one attached hydrogen (secondary N) is 1. The van der Waals surface area contributed by atoms with E-state index in [-0.39, 0.29) is 11.9 Å². The third-order valence-electron chi connectivity index (χ3n) is 3.60. The molecule has 1 fully saturated rings. The minimum Gasteiger partial charge on any atom is -0.389 e. The predicted molar refractivity (Wildman–Crippen MR) is 73.9 cm³/mol. The van der Waals surface area contributed by atoms with Gasteiger partial charge in [0, 0.05) is 19.8 Å². The molecule has 2 atom stereocenters. The lowest BCUT2D eigenvalue weighted by molar-refractivity contribution is -0.122. The molecule has 1 saturated heterocycles. The number of aliphatic hydroxyl groups excluding tert-OH is 1. The highest BCUT2D eigenvalue weighted by molar-refractivity contribution is 5.84. The van der Waals surface area contributed by atoms with Crippen molar-refractivity contribution in [3.05, 3.63) is 23.9 Å². The third kappa shape index (κ3) is 3.04. The lowest BCUT2D eigenvalue weighted by Gasteiger charge is -2.35. The van der Waals surface area contributed by atoms with Crippen LogP contribution in [0.4, 0.5) is 5.82 Å². The van der Waals surface area contributed by atoms with E-state index in [2.05, 4.69) is 10.3 Å². The molecular weight excluding hydrogens is 242 g/mol. The molecule has 5 heteroatoms. The summed E-state index contributed by atoms with van der Waals surface area (Å²) < 4.78 is 0. The van der Waals surface area contributed by atoms with E-state index in [1.165, 1.54) is 0 Å². The van der Waals surface area contributed by atoms with Crippen LogP contribution in [0.15, 0.2) is 18.3 Å². The van der Waals surface area contributed by atoms with Crippen molar-refractivity contribution in [1.82, 2.24) is 10.3 Å². The number of carbonyl (C=O) groups excluding carboxylic acids is 1. The number of carbonyl (C=O) groups is 1. The van der Waals surface area contributed by atoms with Gasteiger partial charge in [-0.3, -0.25) is 4.79 Å². The van der Waals surface area contributed by atoms with Crippen molar-refractivity contribution < 1.29 is 9.90 Å². The highest BCUT2D eigenvalue weighted by Crippen LogP contribution is 2.25. The summed E-state index contributed by atoms with van der Waals surface area (Å²) in [6.07, 6.45) is 4.14. The molecule has 1 amide bonds. The fraction of sp³-hybridized carbons (Fsp3) is 0.571. The topological polar surface area (TPSA) is 65.5 Å². The van der Waals surface area contributed by atoms with Gasteiger partial charge in [0.2, 0.25) is 5.91 Å². The van der Waals surface area contributed by atoms with Crippen LogP contribution < -0.4 is 10.2 Å². The van der Waals surface area contributed by atoms with Gasteiger partial charge in [-0.25, -0.2) is 4.98 Å². The van der Waals surface area contributed by atoms with Crippen LogP contribution in [-0.2, 0) is 4.79 Å². The van der Waals surface area contributed by atoms with Gasteiger partial charge in [-0.05, 0) is 43.9 Å². The Bertz CT molecular complexity index is 448. The molecule has 0 radical (unpaired) electrons. The maximum atomic E-state index is 11.9. The molecule has 1 aromatic rings. The first-order valence-electron chi connectivity index (χ1n) is 6.75. The second-order valence-electron chi connectivity index (χ2n) is 4.94. The summed E-state index contributed by atoms with van der Waals surface area (Å²) in [5.74, 6) is 0.802. The van der Waals surface area contributed by atoms with Crippen molar-refractivity contribution in [3.8, 4) is 0 Å². The van der Waals surface area contributed by atoms with Crippen LogP contribution in [0.25, 0.3) is 0 Å². The highest BCUT2D eigenvalue weighted by atomic mass is 16.3. The highest BCUT2D eigenvalue weighted by Gasteiger charge is 2.29. The second kappa shape index (κ2) is 6.02. The average molecular weight is 263 g/mol. The Kier molecular flexibility index (Phi) is 4.37. The zero-order chi connectivity index (χ0) is 13.8. The van der Waals surface area contributed by atoms with Crippen molar-refractivity contribution in [2.45, 2.75) is 38.3 Å². The maximum Gasteiger partial charge on any atom is 0.242 e. The van der Waals surface area contributed by atoms with Crippen LogP contribution in [-0.4, -0.2) is 35.6 Å². The molecule has 2 heterocycles. The predicted octanol–water partition coefficient (Wildman–Crippen LogP) is 1.24. The van der Waals surface area contributed by atoms with E-state index < -0.39 is 6.10 Å². The molecule has 5 nitrogen and oxygen atoms in total. The van der Waals surface area contributed by atoms with Crippen molar-refractivity contribution in [2.75, 3.05) is 18.5 Å². The molecule has 1 unspecified atom stereocenters. The Balaban J connectivity index is 2.26. The minimum atomic E-state index is -0.523. The summed E-state index contributed by atoms with van der Waals surface area (Å²) in [7, 11) is 1.66. The zero-order valence-corrected chi connectivity index (χ0v) is 11.5. The van der Waals surface area contributed by atoms with E-state index in [4.69, 9.17) is 0 Å². The molecule has 2 rings (SSSR count). The number of hydrogen-bond acceptors (Lipinski definition) is 4. The van der Waals surface area contributed by atoms with E-state index in [1.54, 1.807) is 26.2 Å². The Morgan fingerprint density at radius 2 is 2.37 bits per heavy atom. The van der Waals surface area contributed by atoms with Gasteiger partial charge in [0.25, 0.3) is 0 Å². The van der Waals surface area contributed by atoms with E-state index in [0.29, 0.717) is 0 Å². The van der Waals surface area contributed by atoms with Crippen molar-refractivity contribution in [1.29, 1.82) is 0 Å². The zero-order valence-electron chi connectivity index (χ0n) is 11.5. The average Bonchev–Trinajstić information content (AvgIpc) is 2.46. The number of hydrogen-bond donors (Lipinski definition) is 2. The summed E-state index contributed by atoms with van der Waals surface area (Å²) >= 11 is 0. The van der Waals surface area contributed by atoms with Crippen LogP contribution in [0.3, 0.4) is 0 Å². The molecule has 0 saturated carbocycles. The first-order chi connectivity index (χ1) is 9.13. The first-order valence-corrected chi connectivity index (χ1v) is 6.75. The molecule has 0 spiro atoms. The van der Waals surface area contributed by atoms with E-state index in [0.717, 1.165) is 37.2 Å². The van der Waals surface area contributed by atoms with Gasteiger partial charge in [-0.15, -0.1) is 0 Å². The Hall–Kier alpha value is -1.62. The quantitative estimate of drug-likeness (QED) is 0.861. The normalized spacial score (nSPS) is 21.0. The SMILES string of the molecule is CNC(=O)C1CCCCN1c1cc([C@@H](C)O)ccn1. The summed E-state index contributed by atoms with van der Waals surface area (Å²) in [6, 6.07) is 3.51. The number of amides is 1. The Morgan fingerprint density at radius 3 is 3.05 bits per heavy atom. The van der Waals surface area contributed by atoms with Gasteiger partial charge in [0.1, 0.15) is 11.9 Å². The summed E-state index contributed by atoms with van der Waals surface area (Å²) in [5, 5.41) is 12.4. The summed E-state index contributed by atoms with van der Waals surface area (Å²) in [4.78, 5) is 18.3. The van der Waals surface area contributed by atoms with Crippen LogP contribution in [0.1, 0.15) is 37.9 Å². The van der Waals surface area contributed by atoms with Gasteiger partial charge in [0.15, 0.2) is 0 Å². The lowest BCUT2D eigenvalue weighted by Crippen LogP contribution is -2.49. The fourth-order valence-corrected chi connectivity index (χ4v) is 2.50. The van der Waals surface area contributed by atoms with Crippen molar-refractivity contribution >= 4 is 11.7 Å². The van der Waals surface area contributed by atoms with Gasteiger partial charge >= 0.3 is 0 Å². The molecular formula is C14H21N3O2. The maximum absolute atomic E-state index is 11.9. The smallest absolute Gasteiger partial charge is 0.242 e. The number of aliphatic hydroxyl groups is 1. The fourth-order valence-electron chi connectivity index (χ4n) is 2.50. The largest absolute Gasteiger partial charge is 0.389 e. The summed E-state index contributed by atoms with van der Waals surface area (Å²) in [6.45, 7) is 2.56. The third-order valence-corrected chi connectivity index (χ3v) is 3.60.